The number of urea groups is 1. The molecule has 0 saturated heterocycles. The molecular weight excluding hydrogens is 312 g/mol. The highest BCUT2D eigenvalue weighted by molar-refractivity contribution is 7.13. The molecule has 0 unspecified atom stereocenters. The Labute approximate surface area is 139 Å². The van der Waals surface area contributed by atoms with E-state index >= 15 is 0 Å². The van der Waals surface area contributed by atoms with E-state index in [-0.39, 0.29) is 11.9 Å². The summed E-state index contributed by atoms with van der Waals surface area (Å²) in [7, 11) is 1.58. The van der Waals surface area contributed by atoms with Crippen LogP contribution in [0.5, 0.6) is 0 Å². The van der Waals surface area contributed by atoms with Crippen LogP contribution in [0.1, 0.15) is 35.0 Å². The van der Waals surface area contributed by atoms with E-state index in [0.717, 1.165) is 24.1 Å². The van der Waals surface area contributed by atoms with Crippen LogP contribution >= 0.6 is 11.3 Å². The van der Waals surface area contributed by atoms with Crippen molar-refractivity contribution in [3.05, 3.63) is 46.5 Å². The predicted molar refractivity (Wildman–Crippen MR) is 91.8 cm³/mol. The van der Waals surface area contributed by atoms with Gasteiger partial charge in [-0.25, -0.2) is 9.78 Å². The van der Waals surface area contributed by atoms with Crippen molar-refractivity contribution in [2.75, 3.05) is 12.4 Å². The van der Waals surface area contributed by atoms with Crippen molar-refractivity contribution in [1.29, 1.82) is 0 Å². The van der Waals surface area contributed by atoms with E-state index in [1.807, 2.05) is 11.4 Å². The summed E-state index contributed by atoms with van der Waals surface area (Å²) in [5.74, 6) is -0.150. The second-order valence-electron chi connectivity index (χ2n) is 4.98. The Kier molecular flexibility index (Phi) is 6.10. The van der Waals surface area contributed by atoms with Crippen LogP contribution < -0.4 is 16.0 Å². The molecule has 3 N–H and O–H groups in total. The minimum absolute atomic E-state index is 0.150. The number of aromatic nitrogens is 1. The molecule has 2 aromatic rings. The number of rotatable bonds is 6. The fourth-order valence-corrected chi connectivity index (χ4v) is 2.77. The van der Waals surface area contributed by atoms with Gasteiger partial charge in [0.05, 0.1) is 5.69 Å². The lowest BCUT2D eigenvalue weighted by atomic mass is 10.1. The number of carbonyl (C=O) groups excluding carboxylic acids is 2. The SMILES string of the molecule is CCCc1csc(NC(=O)NCc2cccc(C(=O)NC)c2)n1. The van der Waals surface area contributed by atoms with Gasteiger partial charge in [0.15, 0.2) is 5.13 Å². The van der Waals surface area contributed by atoms with E-state index in [1.54, 1.807) is 25.2 Å². The maximum Gasteiger partial charge on any atom is 0.321 e. The standard InChI is InChI=1S/C16H20N4O2S/c1-3-5-13-10-23-16(19-13)20-15(22)18-9-11-6-4-7-12(8-11)14(21)17-2/h4,6-8,10H,3,5,9H2,1-2H3,(H,17,21)(H2,18,19,20,22). The first-order chi connectivity index (χ1) is 11.1. The van der Waals surface area contributed by atoms with Crippen LogP contribution in [-0.4, -0.2) is 24.0 Å². The molecule has 1 aromatic carbocycles. The van der Waals surface area contributed by atoms with Crippen molar-refractivity contribution >= 4 is 28.4 Å². The fourth-order valence-electron chi connectivity index (χ4n) is 2.03. The number of anilines is 1. The summed E-state index contributed by atoms with van der Waals surface area (Å²) in [5.41, 5.74) is 2.41. The van der Waals surface area contributed by atoms with Crippen LogP contribution in [0, 0.1) is 0 Å². The molecule has 0 spiro atoms. The summed E-state index contributed by atoms with van der Waals surface area (Å²) in [6.45, 7) is 2.43. The Morgan fingerprint density at radius 2 is 2.13 bits per heavy atom. The summed E-state index contributed by atoms with van der Waals surface area (Å²) >= 11 is 1.41. The minimum Gasteiger partial charge on any atom is -0.355 e. The molecule has 0 atom stereocenters. The number of carbonyl (C=O) groups is 2. The average Bonchev–Trinajstić information content (AvgIpc) is 3.00. The van der Waals surface area contributed by atoms with Gasteiger partial charge in [-0.2, -0.15) is 0 Å². The van der Waals surface area contributed by atoms with Crippen LogP contribution in [0.25, 0.3) is 0 Å². The Morgan fingerprint density at radius 1 is 1.30 bits per heavy atom. The summed E-state index contributed by atoms with van der Waals surface area (Å²) in [6.07, 6.45) is 1.93. The van der Waals surface area contributed by atoms with E-state index in [9.17, 15) is 9.59 Å². The van der Waals surface area contributed by atoms with E-state index in [1.165, 1.54) is 11.3 Å². The topological polar surface area (TPSA) is 83.1 Å². The first kappa shape index (κ1) is 17.0. The smallest absolute Gasteiger partial charge is 0.321 e. The number of aryl methyl sites for hydroxylation is 1. The van der Waals surface area contributed by atoms with Gasteiger partial charge in [0.2, 0.25) is 0 Å². The normalized spacial score (nSPS) is 10.2. The molecule has 23 heavy (non-hydrogen) atoms. The molecule has 7 heteroatoms. The fraction of sp³-hybridized carbons (Fsp3) is 0.312. The minimum atomic E-state index is -0.312. The number of benzene rings is 1. The van der Waals surface area contributed by atoms with Gasteiger partial charge in [0, 0.05) is 24.5 Å². The van der Waals surface area contributed by atoms with Crippen molar-refractivity contribution in [3.63, 3.8) is 0 Å². The molecule has 0 bridgehead atoms. The van der Waals surface area contributed by atoms with Gasteiger partial charge >= 0.3 is 6.03 Å². The summed E-state index contributed by atoms with van der Waals surface area (Å²) in [6, 6.07) is 6.81. The lowest BCUT2D eigenvalue weighted by Crippen LogP contribution is -2.28. The van der Waals surface area contributed by atoms with Crippen molar-refractivity contribution in [2.24, 2.45) is 0 Å². The molecule has 2 rings (SSSR count). The number of nitrogens with zero attached hydrogens (tertiary/aromatic N) is 1. The van der Waals surface area contributed by atoms with Gasteiger partial charge in [0.1, 0.15) is 0 Å². The molecule has 1 heterocycles. The number of thiazole rings is 1. The molecule has 1 aromatic heterocycles. The Hall–Kier alpha value is -2.41. The Morgan fingerprint density at radius 3 is 2.87 bits per heavy atom. The maximum atomic E-state index is 11.9. The second kappa shape index (κ2) is 8.28. The second-order valence-corrected chi connectivity index (χ2v) is 5.84. The van der Waals surface area contributed by atoms with Crippen molar-refractivity contribution in [1.82, 2.24) is 15.6 Å². The van der Waals surface area contributed by atoms with E-state index in [0.29, 0.717) is 17.2 Å². The highest BCUT2D eigenvalue weighted by Gasteiger charge is 2.07. The van der Waals surface area contributed by atoms with Gasteiger partial charge in [-0.1, -0.05) is 25.5 Å². The molecule has 0 radical (unpaired) electrons. The quantitative estimate of drug-likeness (QED) is 0.760. The number of hydrogen-bond acceptors (Lipinski definition) is 4. The van der Waals surface area contributed by atoms with Gasteiger partial charge in [0.25, 0.3) is 5.91 Å². The van der Waals surface area contributed by atoms with Crippen LogP contribution in [-0.2, 0) is 13.0 Å². The summed E-state index contributed by atoms with van der Waals surface area (Å²) in [5, 5.41) is 10.6. The lowest BCUT2D eigenvalue weighted by Gasteiger charge is -2.07. The van der Waals surface area contributed by atoms with E-state index < -0.39 is 0 Å². The average molecular weight is 332 g/mol. The summed E-state index contributed by atoms with van der Waals surface area (Å²) < 4.78 is 0. The Bertz CT molecular complexity index is 684. The van der Waals surface area contributed by atoms with Gasteiger partial charge in [-0.3, -0.25) is 10.1 Å². The van der Waals surface area contributed by atoms with Crippen molar-refractivity contribution in [3.8, 4) is 0 Å². The molecule has 122 valence electrons. The first-order valence-electron chi connectivity index (χ1n) is 7.42. The van der Waals surface area contributed by atoms with Crippen molar-refractivity contribution < 1.29 is 9.59 Å². The van der Waals surface area contributed by atoms with Crippen LogP contribution in [0.15, 0.2) is 29.6 Å². The molecule has 0 saturated carbocycles. The van der Waals surface area contributed by atoms with Gasteiger partial charge in [-0.05, 0) is 24.1 Å². The monoisotopic (exact) mass is 332 g/mol. The highest BCUT2D eigenvalue weighted by Crippen LogP contribution is 2.16. The zero-order valence-corrected chi connectivity index (χ0v) is 14.0. The zero-order chi connectivity index (χ0) is 16.7. The first-order valence-corrected chi connectivity index (χ1v) is 8.30. The molecule has 0 aliphatic carbocycles. The summed E-state index contributed by atoms with van der Waals surface area (Å²) in [4.78, 5) is 27.8. The largest absolute Gasteiger partial charge is 0.355 e. The van der Waals surface area contributed by atoms with Crippen LogP contribution in [0.4, 0.5) is 9.93 Å². The molecule has 0 aliphatic heterocycles. The molecule has 0 fully saturated rings. The molecule has 3 amide bonds. The maximum absolute atomic E-state index is 11.9. The van der Waals surface area contributed by atoms with Gasteiger partial charge < -0.3 is 10.6 Å². The zero-order valence-electron chi connectivity index (χ0n) is 13.2. The van der Waals surface area contributed by atoms with E-state index in [2.05, 4.69) is 27.9 Å². The number of hydrogen-bond donors (Lipinski definition) is 3. The predicted octanol–water partition coefficient (Wildman–Crippen LogP) is 2.78. The number of nitrogens with one attached hydrogen (secondary N) is 3. The third kappa shape index (κ3) is 5.07. The Balaban J connectivity index is 1.87. The van der Waals surface area contributed by atoms with Crippen molar-refractivity contribution in [2.45, 2.75) is 26.3 Å². The van der Waals surface area contributed by atoms with E-state index in [4.69, 9.17) is 0 Å². The highest BCUT2D eigenvalue weighted by atomic mass is 32.1. The van der Waals surface area contributed by atoms with Crippen LogP contribution in [0.2, 0.25) is 0 Å². The molecule has 0 aliphatic rings. The number of amides is 3. The van der Waals surface area contributed by atoms with Gasteiger partial charge in [-0.15, -0.1) is 11.3 Å². The third-order valence-corrected chi connectivity index (χ3v) is 3.95. The molecule has 6 nitrogen and oxygen atoms in total. The molecular formula is C16H20N4O2S. The van der Waals surface area contributed by atoms with Crippen LogP contribution in [0.3, 0.4) is 0 Å². The lowest BCUT2D eigenvalue weighted by molar-refractivity contribution is 0.0963. The third-order valence-electron chi connectivity index (χ3n) is 3.15.